The number of allylic oxidation sites excluding steroid dienone is 1. The average Bonchev–Trinajstić information content (AvgIpc) is 2.93. The van der Waals surface area contributed by atoms with E-state index >= 15 is 0 Å². The summed E-state index contributed by atoms with van der Waals surface area (Å²) < 4.78 is 3.29. The van der Waals surface area contributed by atoms with Gasteiger partial charge in [0.2, 0.25) is 0 Å². The van der Waals surface area contributed by atoms with Crippen LogP contribution < -0.4 is 0 Å². The molecular formula is C18H18BrN3. The second-order valence-electron chi connectivity index (χ2n) is 5.79. The number of benzene rings is 1. The Morgan fingerprint density at radius 3 is 3.05 bits per heavy atom. The second-order valence-corrected chi connectivity index (χ2v) is 6.65. The summed E-state index contributed by atoms with van der Waals surface area (Å²) in [6.07, 6.45) is 11.2. The SMILES string of the molecule is C=CCC1(c2ccc(C#N)cc2Br)CCCCc2cncn21. The number of hydrogen-bond donors (Lipinski definition) is 0. The van der Waals surface area contributed by atoms with E-state index < -0.39 is 0 Å². The Hall–Kier alpha value is -1.86. The predicted octanol–water partition coefficient (Wildman–Crippen LogP) is 4.56. The van der Waals surface area contributed by atoms with E-state index in [4.69, 9.17) is 5.26 Å². The van der Waals surface area contributed by atoms with Crippen molar-refractivity contribution >= 4 is 15.9 Å². The van der Waals surface area contributed by atoms with Gasteiger partial charge >= 0.3 is 0 Å². The van der Waals surface area contributed by atoms with Crippen molar-refractivity contribution < 1.29 is 0 Å². The van der Waals surface area contributed by atoms with E-state index in [1.54, 1.807) is 0 Å². The van der Waals surface area contributed by atoms with Crippen LogP contribution in [0.15, 0.2) is 47.9 Å². The van der Waals surface area contributed by atoms with Gasteiger partial charge in [-0.05, 0) is 43.4 Å². The highest BCUT2D eigenvalue weighted by atomic mass is 79.9. The molecular weight excluding hydrogens is 338 g/mol. The van der Waals surface area contributed by atoms with E-state index in [0.717, 1.165) is 23.7 Å². The summed E-state index contributed by atoms with van der Waals surface area (Å²) in [4.78, 5) is 4.37. The molecule has 0 bridgehead atoms. The number of hydrogen-bond acceptors (Lipinski definition) is 2. The van der Waals surface area contributed by atoms with Gasteiger partial charge in [-0.2, -0.15) is 5.26 Å². The molecule has 3 rings (SSSR count). The molecule has 0 saturated heterocycles. The van der Waals surface area contributed by atoms with E-state index in [9.17, 15) is 0 Å². The summed E-state index contributed by atoms with van der Waals surface area (Å²) in [5.41, 5.74) is 2.98. The third-order valence-electron chi connectivity index (χ3n) is 4.53. The lowest BCUT2D eigenvalue weighted by Gasteiger charge is -2.36. The number of imidazole rings is 1. The standard InChI is InChI=1S/C18H18BrN3/c1-2-8-18(16-7-6-14(11-20)10-17(16)19)9-4-3-5-15-12-21-13-22(15)18/h2,6-7,10,12-13H,1,3-5,8-9H2. The zero-order valence-corrected chi connectivity index (χ0v) is 14.0. The maximum Gasteiger partial charge on any atom is 0.0992 e. The molecule has 0 radical (unpaired) electrons. The monoisotopic (exact) mass is 355 g/mol. The number of aromatic nitrogens is 2. The molecule has 22 heavy (non-hydrogen) atoms. The Kier molecular flexibility index (Phi) is 4.17. The van der Waals surface area contributed by atoms with Crippen molar-refractivity contribution in [2.45, 2.75) is 37.6 Å². The molecule has 1 aromatic heterocycles. The third-order valence-corrected chi connectivity index (χ3v) is 5.19. The van der Waals surface area contributed by atoms with Gasteiger partial charge in [-0.3, -0.25) is 0 Å². The summed E-state index contributed by atoms with van der Waals surface area (Å²) >= 11 is 3.68. The topological polar surface area (TPSA) is 41.6 Å². The lowest BCUT2D eigenvalue weighted by Crippen LogP contribution is -2.34. The van der Waals surface area contributed by atoms with Crippen LogP contribution in [0.1, 0.15) is 42.5 Å². The maximum absolute atomic E-state index is 9.10. The molecule has 0 amide bonds. The van der Waals surface area contributed by atoms with Gasteiger partial charge in [-0.15, -0.1) is 6.58 Å². The zero-order valence-electron chi connectivity index (χ0n) is 12.4. The molecule has 0 spiro atoms. The minimum atomic E-state index is -0.170. The van der Waals surface area contributed by atoms with Gasteiger partial charge in [0.05, 0.1) is 23.5 Å². The largest absolute Gasteiger partial charge is 0.324 e. The van der Waals surface area contributed by atoms with Crippen molar-refractivity contribution in [1.82, 2.24) is 9.55 Å². The fourth-order valence-electron chi connectivity index (χ4n) is 3.51. The lowest BCUT2D eigenvalue weighted by molar-refractivity contribution is 0.327. The van der Waals surface area contributed by atoms with Crippen LogP contribution in [0.5, 0.6) is 0 Å². The summed E-state index contributed by atoms with van der Waals surface area (Å²) in [5, 5.41) is 9.10. The summed E-state index contributed by atoms with van der Waals surface area (Å²) in [6, 6.07) is 8.07. The molecule has 4 heteroatoms. The van der Waals surface area contributed by atoms with Crippen molar-refractivity contribution in [3.8, 4) is 6.07 Å². The van der Waals surface area contributed by atoms with Crippen LogP contribution in [0.3, 0.4) is 0 Å². The number of aryl methyl sites for hydroxylation is 1. The van der Waals surface area contributed by atoms with Gasteiger partial charge in [0.15, 0.2) is 0 Å². The fourth-order valence-corrected chi connectivity index (χ4v) is 4.26. The van der Waals surface area contributed by atoms with Gasteiger partial charge in [0.25, 0.3) is 0 Å². The van der Waals surface area contributed by atoms with Gasteiger partial charge in [-0.1, -0.05) is 34.5 Å². The quantitative estimate of drug-likeness (QED) is 0.757. The van der Waals surface area contributed by atoms with E-state index in [2.05, 4.69) is 44.2 Å². The van der Waals surface area contributed by atoms with Gasteiger partial charge in [0, 0.05) is 16.4 Å². The van der Waals surface area contributed by atoms with E-state index in [-0.39, 0.29) is 5.54 Å². The minimum Gasteiger partial charge on any atom is -0.324 e. The minimum absolute atomic E-state index is 0.170. The van der Waals surface area contributed by atoms with Gasteiger partial charge in [0.1, 0.15) is 0 Å². The van der Waals surface area contributed by atoms with E-state index in [1.807, 2.05) is 30.7 Å². The van der Waals surface area contributed by atoms with Crippen molar-refractivity contribution in [3.63, 3.8) is 0 Å². The Bertz CT molecular complexity index is 741. The predicted molar refractivity (Wildman–Crippen MR) is 90.5 cm³/mol. The molecule has 1 aromatic carbocycles. The van der Waals surface area contributed by atoms with Gasteiger partial charge < -0.3 is 4.57 Å². The number of nitrogens with zero attached hydrogens (tertiary/aromatic N) is 3. The molecule has 2 heterocycles. The highest BCUT2D eigenvalue weighted by molar-refractivity contribution is 9.10. The average molecular weight is 356 g/mol. The van der Waals surface area contributed by atoms with Crippen molar-refractivity contribution in [3.05, 3.63) is 64.7 Å². The maximum atomic E-state index is 9.10. The first-order valence-electron chi connectivity index (χ1n) is 7.54. The number of nitriles is 1. The highest BCUT2D eigenvalue weighted by Gasteiger charge is 2.37. The normalized spacial score (nSPS) is 20.7. The Morgan fingerprint density at radius 1 is 1.45 bits per heavy atom. The number of halogens is 1. The molecule has 3 nitrogen and oxygen atoms in total. The molecule has 0 fully saturated rings. The van der Waals surface area contributed by atoms with Crippen LogP contribution in [0, 0.1) is 11.3 Å². The number of rotatable bonds is 3. The van der Waals surface area contributed by atoms with Gasteiger partial charge in [-0.25, -0.2) is 4.98 Å². The fraction of sp³-hybridized carbons (Fsp3) is 0.333. The molecule has 1 aliphatic heterocycles. The second kappa shape index (κ2) is 6.10. The molecule has 1 unspecified atom stereocenters. The number of fused-ring (bicyclic) bond motifs is 1. The third kappa shape index (κ3) is 2.40. The lowest BCUT2D eigenvalue weighted by atomic mass is 9.82. The van der Waals surface area contributed by atoms with Crippen molar-refractivity contribution in [2.75, 3.05) is 0 Å². The van der Waals surface area contributed by atoms with Crippen LogP contribution in [0.25, 0.3) is 0 Å². The molecule has 1 aliphatic rings. The first-order valence-corrected chi connectivity index (χ1v) is 8.33. The first-order chi connectivity index (χ1) is 10.7. The van der Waals surface area contributed by atoms with Crippen LogP contribution in [0.4, 0.5) is 0 Å². The molecule has 0 saturated carbocycles. The Balaban J connectivity index is 2.22. The summed E-state index contributed by atoms with van der Waals surface area (Å²) in [5.74, 6) is 0. The first kappa shape index (κ1) is 15.1. The smallest absolute Gasteiger partial charge is 0.0992 e. The molecule has 0 aliphatic carbocycles. The molecule has 0 N–H and O–H groups in total. The zero-order chi connectivity index (χ0) is 15.6. The van der Waals surface area contributed by atoms with E-state index in [0.29, 0.717) is 5.56 Å². The van der Waals surface area contributed by atoms with E-state index in [1.165, 1.54) is 24.1 Å². The van der Waals surface area contributed by atoms with Crippen LogP contribution in [-0.2, 0) is 12.0 Å². The molecule has 2 aromatic rings. The van der Waals surface area contributed by atoms with Crippen LogP contribution in [0.2, 0.25) is 0 Å². The summed E-state index contributed by atoms with van der Waals surface area (Å²) in [7, 11) is 0. The molecule has 112 valence electrons. The Labute approximate surface area is 139 Å². The summed E-state index contributed by atoms with van der Waals surface area (Å²) in [6.45, 7) is 3.98. The molecule has 1 atom stereocenters. The highest BCUT2D eigenvalue weighted by Crippen LogP contribution is 2.42. The van der Waals surface area contributed by atoms with Crippen molar-refractivity contribution in [1.29, 1.82) is 5.26 Å². The Morgan fingerprint density at radius 2 is 2.32 bits per heavy atom. The van der Waals surface area contributed by atoms with Crippen molar-refractivity contribution in [2.24, 2.45) is 0 Å². The van der Waals surface area contributed by atoms with Crippen LogP contribution in [-0.4, -0.2) is 9.55 Å². The van der Waals surface area contributed by atoms with Crippen LogP contribution >= 0.6 is 15.9 Å².